The van der Waals surface area contributed by atoms with E-state index in [2.05, 4.69) is 72.8 Å². The van der Waals surface area contributed by atoms with Crippen LogP contribution in [0.25, 0.3) is 97.6 Å². The number of aromatic hydroxyl groups is 2. The lowest BCUT2D eigenvalue weighted by molar-refractivity contribution is 0.472. The summed E-state index contributed by atoms with van der Waals surface area (Å²) in [5.41, 5.74) is 2.66. The quantitative estimate of drug-likeness (QED) is 0.161. The average molecular weight is 895 g/mol. The summed E-state index contributed by atoms with van der Waals surface area (Å²) in [7, 11) is 0. The summed E-state index contributed by atoms with van der Waals surface area (Å²) < 4.78 is 2.62. The van der Waals surface area contributed by atoms with Crippen molar-refractivity contribution in [2.75, 3.05) is 0 Å². The van der Waals surface area contributed by atoms with E-state index in [0.717, 1.165) is 86.9 Å². The zero-order chi connectivity index (χ0) is 47.8. The molecule has 0 bridgehead atoms. The van der Waals surface area contributed by atoms with E-state index in [-0.39, 0.29) is 57.4 Å². The smallest absolute Gasteiger partial charge is 0.266 e. The first-order chi connectivity index (χ1) is 32.4. The van der Waals surface area contributed by atoms with Crippen molar-refractivity contribution in [2.45, 2.75) is 79.1 Å². The first-order valence-electron chi connectivity index (χ1n) is 23.4. The van der Waals surface area contributed by atoms with Gasteiger partial charge in [0.15, 0.2) is 0 Å². The van der Waals surface area contributed by atoms with Crippen LogP contribution in [-0.4, -0.2) is 19.3 Å². The predicted octanol–water partition coefficient (Wildman–Crippen LogP) is 13.3. The van der Waals surface area contributed by atoms with E-state index in [1.165, 1.54) is 9.13 Å². The lowest BCUT2D eigenvalue weighted by Gasteiger charge is -2.20. The van der Waals surface area contributed by atoms with Crippen LogP contribution in [0.1, 0.15) is 101 Å². The molecule has 2 aromatic heterocycles. The third kappa shape index (κ3) is 6.56. The van der Waals surface area contributed by atoms with Gasteiger partial charge in [0, 0.05) is 0 Å². The Morgan fingerprint density at radius 2 is 0.485 bits per heavy atom. The highest BCUT2D eigenvalue weighted by atomic mass is 16.3. The van der Waals surface area contributed by atoms with Crippen LogP contribution in [0.5, 0.6) is 11.5 Å². The normalized spacial score (nSPS) is 12.4. The minimum atomic E-state index is -0.364. The number of aromatic nitrogens is 2. The van der Waals surface area contributed by atoms with Crippen LogP contribution in [0.3, 0.4) is 0 Å². The molecule has 8 heteroatoms. The zero-order valence-corrected chi connectivity index (χ0v) is 39.3. The zero-order valence-electron chi connectivity index (χ0n) is 39.3. The molecule has 0 atom stereocenters. The number of hydrogen-bond acceptors (Lipinski definition) is 6. The van der Waals surface area contributed by atoms with Gasteiger partial charge >= 0.3 is 0 Å². The second kappa shape index (κ2) is 15.4. The molecule has 0 aliphatic heterocycles. The standard InChI is InChI=1S/C60H50N2O6/c1-29(2)47-25-45(63)26-48(30(3)4)55(47)61-57(65)51-21-41-17-37-13-33-9-11-35-15-39-19-43-23-53-54(60(68)62(59(53)67)56-49(31(5)6)27-46(64)28-50(56)32(7)8)24-44(43)20-40(39)16-36(35)12-10-34(33)14-38(37)18-42(41)22-52(51)58(61)66/h9-32,63-64H,1-8H3. The fourth-order valence-electron chi connectivity index (χ4n) is 10.6. The lowest BCUT2D eigenvalue weighted by Crippen LogP contribution is -2.26. The average Bonchev–Trinajstić information content (AvgIpc) is 3.67. The Hall–Kier alpha value is -7.84. The molecule has 0 unspecified atom stereocenters. The molecule has 8 nitrogen and oxygen atoms in total. The maximum absolute atomic E-state index is 14.2. The Kier molecular flexibility index (Phi) is 9.66. The van der Waals surface area contributed by atoms with Crippen molar-refractivity contribution >= 4 is 86.2 Å². The number of benzene rings is 8. The number of phenols is 2. The summed E-state index contributed by atoms with van der Waals surface area (Å²) in [5, 5.41) is 34.2. The SMILES string of the molecule is CC(C)c1cc(O)cc(C(C)C)c1-n1c(=O)c2cc3cc4cc5ccc6cc7cc8cc9c(=O)n(-c%10c(C(C)C)cc(O)cc%10C(C)C)c(=O)c9cc8cc7cc6ccc5cc4cc3cc2c1=O. The molecule has 0 fully saturated rings. The first-order valence-corrected chi connectivity index (χ1v) is 23.4. The molecule has 0 aliphatic rings. The minimum Gasteiger partial charge on any atom is -0.508 e. The van der Waals surface area contributed by atoms with E-state index in [4.69, 9.17) is 0 Å². The predicted molar refractivity (Wildman–Crippen MR) is 281 cm³/mol. The van der Waals surface area contributed by atoms with Gasteiger partial charge in [-0.2, -0.15) is 0 Å². The molecule has 0 saturated heterocycles. The maximum atomic E-state index is 14.2. The summed E-state index contributed by atoms with van der Waals surface area (Å²) >= 11 is 0. The summed E-state index contributed by atoms with van der Waals surface area (Å²) in [6.07, 6.45) is 0. The van der Waals surface area contributed by atoms with Gasteiger partial charge in [-0.25, -0.2) is 9.13 Å². The van der Waals surface area contributed by atoms with Crippen molar-refractivity contribution in [3.05, 3.63) is 185 Å². The molecular weight excluding hydrogens is 845 g/mol. The number of nitrogens with zero attached hydrogens (tertiary/aromatic N) is 2. The van der Waals surface area contributed by atoms with E-state index < -0.39 is 0 Å². The lowest BCUT2D eigenvalue weighted by atomic mass is 9.92. The molecular formula is C60H50N2O6. The highest BCUT2D eigenvalue weighted by Crippen LogP contribution is 2.38. The molecule has 336 valence electrons. The van der Waals surface area contributed by atoms with Crippen molar-refractivity contribution in [1.82, 2.24) is 9.13 Å². The van der Waals surface area contributed by atoms with Gasteiger partial charge in [-0.3, -0.25) is 19.2 Å². The topological polar surface area (TPSA) is 119 Å². The Labute approximate surface area is 390 Å². The summed E-state index contributed by atoms with van der Waals surface area (Å²) in [6.45, 7) is 16.0. The van der Waals surface area contributed by atoms with Crippen LogP contribution in [0, 0.1) is 0 Å². The largest absolute Gasteiger partial charge is 0.508 e. The van der Waals surface area contributed by atoms with Crippen molar-refractivity contribution in [2.24, 2.45) is 0 Å². The number of phenolic OH excluding ortho intramolecular Hbond substituents is 2. The highest BCUT2D eigenvalue weighted by Gasteiger charge is 2.26. The maximum Gasteiger partial charge on any atom is 0.266 e. The van der Waals surface area contributed by atoms with Crippen LogP contribution < -0.4 is 22.2 Å². The van der Waals surface area contributed by atoms with Crippen molar-refractivity contribution in [3.8, 4) is 22.9 Å². The molecule has 2 N–H and O–H groups in total. The number of hydrogen-bond donors (Lipinski definition) is 2. The van der Waals surface area contributed by atoms with Gasteiger partial charge in [0.2, 0.25) is 0 Å². The van der Waals surface area contributed by atoms with E-state index in [9.17, 15) is 29.4 Å². The molecule has 0 spiro atoms. The summed E-state index contributed by atoms with van der Waals surface area (Å²) in [5.74, 6) is 0.0755. The van der Waals surface area contributed by atoms with Gasteiger partial charge in [0.25, 0.3) is 22.2 Å². The van der Waals surface area contributed by atoms with Gasteiger partial charge in [-0.05, 0) is 208 Å². The monoisotopic (exact) mass is 894 g/mol. The van der Waals surface area contributed by atoms with E-state index in [0.29, 0.717) is 32.9 Å². The summed E-state index contributed by atoms with van der Waals surface area (Å²) in [4.78, 5) is 57.0. The number of fused-ring (bicyclic) bond motifs is 8. The van der Waals surface area contributed by atoms with Gasteiger partial charge < -0.3 is 10.2 Å². The Bertz CT molecular complexity index is 3740. The second-order valence-corrected chi connectivity index (χ2v) is 20.0. The molecule has 68 heavy (non-hydrogen) atoms. The van der Waals surface area contributed by atoms with Crippen molar-refractivity contribution in [3.63, 3.8) is 0 Å². The molecule has 11 rings (SSSR count). The molecule has 0 aliphatic carbocycles. The first kappa shape index (κ1) is 42.8. The molecule has 2 heterocycles. The van der Waals surface area contributed by atoms with E-state index in [1.54, 1.807) is 24.3 Å². The van der Waals surface area contributed by atoms with E-state index in [1.807, 2.05) is 79.7 Å². The molecule has 0 saturated carbocycles. The van der Waals surface area contributed by atoms with Crippen LogP contribution in [0.2, 0.25) is 0 Å². The Balaban J connectivity index is 1.04. The number of rotatable bonds is 6. The molecule has 0 radical (unpaired) electrons. The van der Waals surface area contributed by atoms with Gasteiger partial charge in [0.05, 0.1) is 32.9 Å². The van der Waals surface area contributed by atoms with E-state index >= 15 is 0 Å². The third-order valence-electron chi connectivity index (χ3n) is 14.1. The van der Waals surface area contributed by atoms with Crippen molar-refractivity contribution < 1.29 is 10.2 Å². The molecule has 11 aromatic rings. The Morgan fingerprint density at radius 3 is 0.691 bits per heavy atom. The van der Waals surface area contributed by atoms with Crippen LogP contribution in [0.4, 0.5) is 0 Å². The van der Waals surface area contributed by atoms with Gasteiger partial charge in [-0.15, -0.1) is 0 Å². The minimum absolute atomic E-state index is 0.0383. The van der Waals surface area contributed by atoms with Gasteiger partial charge in [-0.1, -0.05) is 79.7 Å². The summed E-state index contributed by atoms with van der Waals surface area (Å²) in [6, 6.07) is 39.5. The molecule has 9 aromatic carbocycles. The van der Waals surface area contributed by atoms with Crippen LogP contribution >= 0.6 is 0 Å². The van der Waals surface area contributed by atoms with Gasteiger partial charge in [0.1, 0.15) is 11.5 Å². The third-order valence-corrected chi connectivity index (χ3v) is 14.1. The fourth-order valence-corrected chi connectivity index (χ4v) is 10.6. The van der Waals surface area contributed by atoms with Crippen LogP contribution in [-0.2, 0) is 0 Å². The fraction of sp³-hybridized carbons (Fsp3) is 0.200. The Morgan fingerprint density at radius 1 is 0.294 bits per heavy atom. The molecule has 0 amide bonds. The van der Waals surface area contributed by atoms with Crippen molar-refractivity contribution in [1.29, 1.82) is 0 Å². The second-order valence-electron chi connectivity index (χ2n) is 20.0. The van der Waals surface area contributed by atoms with Crippen LogP contribution in [0.15, 0.2) is 141 Å². The highest BCUT2D eigenvalue weighted by molar-refractivity contribution is 6.10.